The molecule has 0 spiro atoms. The van der Waals surface area contributed by atoms with Gasteiger partial charge in [-0.05, 0) is 43.4 Å². The summed E-state index contributed by atoms with van der Waals surface area (Å²) in [4.78, 5) is 33.1. The number of hydrogen-bond acceptors (Lipinski definition) is 7. The Morgan fingerprint density at radius 1 is 1.36 bits per heavy atom. The standard InChI is InChI=1S/C23H24FN5O3S/c1-3-17-18(11(2)28-32-17)21(30)26-10-15-8-13-9-16(13)29(15)22(31)19-20(33-23(25)27-19)12-5-4-6-14(24)7-12/h4-7,13,15-16H,3,8-10H2,1-2H3,(H2,25,27)(H,26,30)/t13?,15-,16?/m0/s1. The Kier molecular flexibility index (Phi) is 5.40. The molecule has 10 heteroatoms. The summed E-state index contributed by atoms with van der Waals surface area (Å²) in [5.74, 6) is 0.0917. The van der Waals surface area contributed by atoms with Gasteiger partial charge < -0.3 is 20.5 Å². The Hall–Kier alpha value is -3.27. The number of nitrogen functional groups attached to an aromatic ring is 1. The molecule has 1 aliphatic carbocycles. The second-order valence-corrected chi connectivity index (χ2v) is 9.57. The van der Waals surface area contributed by atoms with Crippen LogP contribution in [0.2, 0.25) is 0 Å². The molecular formula is C23H24FN5O3S. The topological polar surface area (TPSA) is 114 Å². The van der Waals surface area contributed by atoms with Gasteiger partial charge in [-0.3, -0.25) is 9.59 Å². The van der Waals surface area contributed by atoms with E-state index in [4.69, 9.17) is 10.3 Å². The van der Waals surface area contributed by atoms with Crippen molar-refractivity contribution in [2.75, 3.05) is 12.3 Å². The second-order valence-electron chi connectivity index (χ2n) is 8.53. The maximum absolute atomic E-state index is 13.8. The fourth-order valence-corrected chi connectivity index (χ4v) is 5.56. The number of carbonyl (C=O) groups excluding carboxylic acids is 2. The summed E-state index contributed by atoms with van der Waals surface area (Å²) in [6.45, 7) is 3.95. The van der Waals surface area contributed by atoms with Crippen LogP contribution < -0.4 is 11.1 Å². The maximum Gasteiger partial charge on any atom is 0.274 e. The fourth-order valence-electron chi connectivity index (χ4n) is 4.73. The van der Waals surface area contributed by atoms with Crippen LogP contribution in [0.15, 0.2) is 28.8 Å². The summed E-state index contributed by atoms with van der Waals surface area (Å²) < 4.78 is 19.0. The average Bonchev–Trinajstić information content (AvgIpc) is 3.11. The molecule has 2 aromatic heterocycles. The number of halogens is 1. The zero-order valence-electron chi connectivity index (χ0n) is 18.3. The number of hydrogen-bond donors (Lipinski definition) is 2. The smallest absolute Gasteiger partial charge is 0.274 e. The van der Waals surface area contributed by atoms with E-state index >= 15 is 0 Å². The van der Waals surface area contributed by atoms with Crippen molar-refractivity contribution in [1.29, 1.82) is 0 Å². The van der Waals surface area contributed by atoms with E-state index in [-0.39, 0.29) is 34.7 Å². The molecule has 3 N–H and O–H groups in total. The van der Waals surface area contributed by atoms with E-state index in [0.717, 1.165) is 12.8 Å². The number of aromatic nitrogens is 2. The molecular weight excluding hydrogens is 445 g/mol. The van der Waals surface area contributed by atoms with Gasteiger partial charge in [0.2, 0.25) is 0 Å². The van der Waals surface area contributed by atoms with E-state index < -0.39 is 5.82 Å². The Morgan fingerprint density at radius 2 is 2.18 bits per heavy atom. The minimum absolute atomic E-state index is 0.131. The molecule has 1 saturated heterocycles. The monoisotopic (exact) mass is 469 g/mol. The number of fused-ring (bicyclic) bond motifs is 1. The first-order chi connectivity index (χ1) is 15.9. The van der Waals surface area contributed by atoms with E-state index in [1.807, 2.05) is 11.8 Å². The lowest BCUT2D eigenvalue weighted by Crippen LogP contribution is -2.45. The first-order valence-electron chi connectivity index (χ1n) is 11.0. The predicted octanol–water partition coefficient (Wildman–Crippen LogP) is 3.42. The van der Waals surface area contributed by atoms with Crippen molar-refractivity contribution in [3.8, 4) is 10.4 Å². The van der Waals surface area contributed by atoms with Gasteiger partial charge in [-0.25, -0.2) is 9.37 Å². The summed E-state index contributed by atoms with van der Waals surface area (Å²) in [6.07, 6.45) is 2.32. The van der Waals surface area contributed by atoms with Gasteiger partial charge in [-0.15, -0.1) is 0 Å². The molecule has 172 valence electrons. The van der Waals surface area contributed by atoms with Crippen molar-refractivity contribution >= 4 is 28.3 Å². The number of carbonyl (C=O) groups is 2. The molecule has 2 amide bonds. The highest BCUT2D eigenvalue weighted by atomic mass is 32.1. The minimum Gasteiger partial charge on any atom is -0.375 e. The number of piperidine rings is 1. The van der Waals surface area contributed by atoms with Gasteiger partial charge in [0.1, 0.15) is 22.8 Å². The van der Waals surface area contributed by atoms with Crippen molar-refractivity contribution < 1.29 is 18.5 Å². The van der Waals surface area contributed by atoms with E-state index in [2.05, 4.69) is 15.5 Å². The largest absolute Gasteiger partial charge is 0.375 e. The average molecular weight is 470 g/mol. The Morgan fingerprint density at radius 3 is 2.94 bits per heavy atom. The SMILES string of the molecule is CCc1onc(C)c1C(=O)NC[C@@H]1CC2CC2N1C(=O)c1nc(N)sc1-c1cccc(F)c1. The number of amides is 2. The number of rotatable bonds is 6. The molecule has 1 aromatic carbocycles. The highest BCUT2D eigenvalue weighted by Gasteiger charge is 2.54. The Balaban J connectivity index is 1.36. The quantitative estimate of drug-likeness (QED) is 0.572. The third-order valence-electron chi connectivity index (χ3n) is 6.36. The molecule has 5 rings (SSSR count). The van der Waals surface area contributed by atoms with Crippen LogP contribution in [0.25, 0.3) is 10.4 Å². The van der Waals surface area contributed by atoms with Gasteiger partial charge in [0.05, 0.1) is 16.6 Å². The number of nitrogens with zero attached hydrogens (tertiary/aromatic N) is 3. The summed E-state index contributed by atoms with van der Waals surface area (Å²) >= 11 is 1.17. The summed E-state index contributed by atoms with van der Waals surface area (Å²) in [5.41, 5.74) is 7.74. The van der Waals surface area contributed by atoms with Crippen LogP contribution in [0.1, 0.15) is 52.1 Å². The highest BCUT2D eigenvalue weighted by molar-refractivity contribution is 7.19. The van der Waals surface area contributed by atoms with E-state index in [1.54, 1.807) is 19.1 Å². The van der Waals surface area contributed by atoms with Crippen LogP contribution in [-0.4, -0.2) is 45.5 Å². The molecule has 3 heterocycles. The maximum atomic E-state index is 13.8. The number of aryl methyl sites for hydroxylation is 2. The predicted molar refractivity (Wildman–Crippen MR) is 121 cm³/mol. The van der Waals surface area contributed by atoms with E-state index in [1.165, 1.54) is 23.5 Å². The Labute approximate surface area is 194 Å². The van der Waals surface area contributed by atoms with Crippen LogP contribution in [0.3, 0.4) is 0 Å². The van der Waals surface area contributed by atoms with Gasteiger partial charge in [0.15, 0.2) is 5.13 Å². The van der Waals surface area contributed by atoms with Crippen molar-refractivity contribution in [3.05, 3.63) is 52.8 Å². The fraction of sp³-hybridized carbons (Fsp3) is 0.391. The molecule has 33 heavy (non-hydrogen) atoms. The molecule has 1 saturated carbocycles. The summed E-state index contributed by atoms with van der Waals surface area (Å²) in [6, 6.07) is 6.03. The lowest BCUT2D eigenvalue weighted by atomic mass is 10.1. The molecule has 3 aromatic rings. The molecule has 0 bridgehead atoms. The number of thiazole rings is 1. The van der Waals surface area contributed by atoms with Crippen LogP contribution in [-0.2, 0) is 6.42 Å². The van der Waals surface area contributed by atoms with E-state index in [9.17, 15) is 14.0 Å². The lowest BCUT2D eigenvalue weighted by Gasteiger charge is -2.27. The molecule has 2 fully saturated rings. The third kappa shape index (κ3) is 3.88. The highest BCUT2D eigenvalue weighted by Crippen LogP contribution is 2.49. The number of anilines is 1. The number of likely N-dealkylation sites (tertiary alicyclic amines) is 1. The molecule has 8 nitrogen and oxygen atoms in total. The van der Waals surface area contributed by atoms with E-state index in [0.29, 0.717) is 46.3 Å². The summed E-state index contributed by atoms with van der Waals surface area (Å²) in [7, 11) is 0. The molecule has 3 atom stereocenters. The minimum atomic E-state index is -0.391. The summed E-state index contributed by atoms with van der Waals surface area (Å²) in [5, 5.41) is 7.10. The first-order valence-corrected chi connectivity index (χ1v) is 11.8. The van der Waals surface area contributed by atoms with Crippen molar-refractivity contribution in [3.63, 3.8) is 0 Å². The van der Waals surface area contributed by atoms with Gasteiger partial charge in [0.25, 0.3) is 11.8 Å². The van der Waals surface area contributed by atoms with Gasteiger partial charge >= 0.3 is 0 Å². The van der Waals surface area contributed by atoms with Crippen LogP contribution in [0, 0.1) is 18.7 Å². The van der Waals surface area contributed by atoms with Crippen LogP contribution >= 0.6 is 11.3 Å². The molecule has 1 aliphatic heterocycles. The molecule has 2 aliphatic rings. The van der Waals surface area contributed by atoms with Crippen LogP contribution in [0.5, 0.6) is 0 Å². The normalized spacial score (nSPS) is 21.2. The first kappa shape index (κ1) is 21.6. The Bertz CT molecular complexity index is 1240. The van der Waals surface area contributed by atoms with Gasteiger partial charge in [0, 0.05) is 19.0 Å². The van der Waals surface area contributed by atoms with Crippen LogP contribution in [0.4, 0.5) is 9.52 Å². The van der Waals surface area contributed by atoms with Gasteiger partial charge in [-0.1, -0.05) is 35.5 Å². The number of nitrogens with one attached hydrogen (secondary N) is 1. The zero-order valence-corrected chi connectivity index (χ0v) is 19.1. The molecule has 0 radical (unpaired) electrons. The molecule has 2 unspecified atom stereocenters. The van der Waals surface area contributed by atoms with Crippen molar-refractivity contribution in [2.24, 2.45) is 5.92 Å². The third-order valence-corrected chi connectivity index (χ3v) is 7.29. The van der Waals surface area contributed by atoms with Gasteiger partial charge in [-0.2, -0.15) is 0 Å². The van der Waals surface area contributed by atoms with Crippen molar-refractivity contribution in [2.45, 2.75) is 45.2 Å². The number of nitrogens with two attached hydrogens (primary N) is 1. The lowest BCUT2D eigenvalue weighted by molar-refractivity contribution is 0.0684. The second kappa shape index (κ2) is 8.26. The van der Waals surface area contributed by atoms with Crippen molar-refractivity contribution in [1.82, 2.24) is 20.4 Å². The zero-order chi connectivity index (χ0) is 23.3. The number of benzene rings is 1.